The molecule has 1 heterocycles. The summed E-state index contributed by atoms with van der Waals surface area (Å²) in [5, 5.41) is 4.47. The van der Waals surface area contributed by atoms with Crippen LogP contribution >= 0.6 is 23.2 Å². The number of carbonyl (C=O) groups is 1. The minimum atomic E-state index is -0.196. The Bertz CT molecular complexity index is 732. The van der Waals surface area contributed by atoms with Crippen LogP contribution in [0.2, 0.25) is 10.0 Å². The molecule has 6 heteroatoms. The van der Waals surface area contributed by atoms with Crippen LogP contribution in [0.1, 0.15) is 26.5 Å². The van der Waals surface area contributed by atoms with Gasteiger partial charge in [0, 0.05) is 17.1 Å². The summed E-state index contributed by atoms with van der Waals surface area (Å²) in [7, 11) is 0. The highest BCUT2D eigenvalue weighted by Gasteiger charge is 2.16. The molecule has 0 spiro atoms. The molecule has 2 aromatic rings. The maximum absolute atomic E-state index is 12.0. The van der Waals surface area contributed by atoms with Gasteiger partial charge in [0.25, 0.3) is 5.91 Å². The Hall–Kier alpha value is -1.52. The number of aromatic nitrogens is 1. The number of nitrogens with zero attached hydrogens (tertiary/aromatic N) is 1. The van der Waals surface area contributed by atoms with Crippen LogP contribution in [0.4, 0.5) is 0 Å². The maximum atomic E-state index is 12.0. The van der Waals surface area contributed by atoms with Crippen molar-refractivity contribution in [3.63, 3.8) is 0 Å². The third-order valence-corrected chi connectivity index (χ3v) is 4.31. The molecule has 124 valence electrons. The number of amides is 1. The van der Waals surface area contributed by atoms with Crippen LogP contribution in [-0.2, 0) is 4.79 Å². The van der Waals surface area contributed by atoms with Crippen molar-refractivity contribution in [2.24, 2.45) is 5.92 Å². The first-order chi connectivity index (χ1) is 10.8. The minimum absolute atomic E-state index is 0.0731. The molecule has 2 rings (SSSR count). The number of fused-ring (bicyclic) bond motifs is 1. The highest BCUT2D eigenvalue weighted by atomic mass is 35.5. The van der Waals surface area contributed by atoms with Crippen LogP contribution in [-0.4, -0.2) is 23.5 Å². The number of benzene rings is 1. The molecule has 1 atom stereocenters. The number of pyridine rings is 1. The molecule has 0 saturated heterocycles. The van der Waals surface area contributed by atoms with Crippen LogP contribution < -0.4 is 10.1 Å². The summed E-state index contributed by atoms with van der Waals surface area (Å²) in [5.41, 5.74) is 1.38. The molecular formula is C17H20Cl2N2O2. The van der Waals surface area contributed by atoms with Gasteiger partial charge in [0.05, 0.1) is 10.0 Å². The molecule has 0 saturated carbocycles. The second kappa shape index (κ2) is 7.37. The van der Waals surface area contributed by atoms with Crippen molar-refractivity contribution >= 4 is 40.0 Å². The number of halogens is 2. The molecule has 23 heavy (non-hydrogen) atoms. The van der Waals surface area contributed by atoms with Gasteiger partial charge in [-0.15, -0.1) is 0 Å². The average Bonchev–Trinajstić information content (AvgIpc) is 2.46. The molecule has 0 aliphatic rings. The minimum Gasteiger partial charge on any atom is -0.480 e. The summed E-state index contributed by atoms with van der Waals surface area (Å²) in [5.74, 6) is 0.531. The number of ether oxygens (including phenoxy) is 1. The summed E-state index contributed by atoms with van der Waals surface area (Å²) in [4.78, 5) is 16.4. The van der Waals surface area contributed by atoms with E-state index in [-0.39, 0.29) is 18.6 Å². The summed E-state index contributed by atoms with van der Waals surface area (Å²) in [6, 6.07) is 5.41. The van der Waals surface area contributed by atoms with Gasteiger partial charge in [0.15, 0.2) is 12.4 Å². The first kappa shape index (κ1) is 17.8. The molecule has 4 nitrogen and oxygen atoms in total. The van der Waals surface area contributed by atoms with E-state index in [4.69, 9.17) is 27.9 Å². The summed E-state index contributed by atoms with van der Waals surface area (Å²) >= 11 is 12.4. The van der Waals surface area contributed by atoms with Gasteiger partial charge in [0.1, 0.15) is 5.52 Å². The zero-order chi connectivity index (χ0) is 17.1. The molecule has 1 aromatic carbocycles. The number of hydrogen-bond acceptors (Lipinski definition) is 3. The lowest BCUT2D eigenvalue weighted by Gasteiger charge is -2.18. The molecule has 0 bridgehead atoms. The Labute approximate surface area is 146 Å². The Morgan fingerprint density at radius 1 is 1.26 bits per heavy atom. The predicted molar refractivity (Wildman–Crippen MR) is 94.4 cm³/mol. The molecule has 0 aliphatic heterocycles. The van der Waals surface area contributed by atoms with E-state index in [1.165, 1.54) is 0 Å². The van der Waals surface area contributed by atoms with E-state index < -0.39 is 0 Å². The zero-order valence-electron chi connectivity index (χ0n) is 13.6. The average molecular weight is 355 g/mol. The third kappa shape index (κ3) is 4.27. The van der Waals surface area contributed by atoms with Crippen molar-refractivity contribution < 1.29 is 9.53 Å². The van der Waals surface area contributed by atoms with E-state index >= 15 is 0 Å². The number of hydrogen-bond donors (Lipinski definition) is 1. The first-order valence-corrected chi connectivity index (χ1v) is 8.22. The lowest BCUT2D eigenvalue weighted by molar-refractivity contribution is -0.123. The fraction of sp³-hybridized carbons (Fsp3) is 0.412. The van der Waals surface area contributed by atoms with Crippen molar-refractivity contribution in [3.05, 3.63) is 33.9 Å². The maximum Gasteiger partial charge on any atom is 0.258 e. The quantitative estimate of drug-likeness (QED) is 0.865. The monoisotopic (exact) mass is 354 g/mol. The van der Waals surface area contributed by atoms with Crippen molar-refractivity contribution in [3.8, 4) is 5.75 Å². The number of carbonyl (C=O) groups excluding carboxylic acids is 1. The first-order valence-electron chi connectivity index (χ1n) is 7.47. The van der Waals surface area contributed by atoms with E-state index in [1.807, 2.05) is 39.8 Å². The van der Waals surface area contributed by atoms with Gasteiger partial charge in [-0.1, -0.05) is 37.0 Å². The van der Waals surface area contributed by atoms with E-state index in [0.717, 1.165) is 11.1 Å². The number of nitrogens with one attached hydrogen (secondary N) is 1. The van der Waals surface area contributed by atoms with Crippen LogP contribution in [0.25, 0.3) is 10.9 Å². The summed E-state index contributed by atoms with van der Waals surface area (Å²) in [6.07, 6.45) is 0. The molecule has 0 unspecified atom stereocenters. The molecular weight excluding hydrogens is 335 g/mol. The van der Waals surface area contributed by atoms with Crippen LogP contribution in [0.15, 0.2) is 18.2 Å². The number of rotatable bonds is 5. The molecule has 1 N–H and O–H groups in total. The lowest BCUT2D eigenvalue weighted by Crippen LogP contribution is -2.39. The summed E-state index contributed by atoms with van der Waals surface area (Å²) < 4.78 is 5.64. The Kier molecular flexibility index (Phi) is 5.71. The van der Waals surface area contributed by atoms with Crippen LogP contribution in [0, 0.1) is 12.8 Å². The SMILES string of the molecule is Cc1ccc2c(Cl)cc(Cl)c(OCC(=O)N[C@H](C)C(C)C)c2n1. The Morgan fingerprint density at radius 3 is 2.61 bits per heavy atom. The van der Waals surface area contributed by atoms with Crippen LogP contribution in [0.3, 0.4) is 0 Å². The van der Waals surface area contributed by atoms with E-state index in [0.29, 0.717) is 27.2 Å². The standard InChI is InChI=1S/C17H20Cl2N2O2/c1-9(2)11(4)21-15(22)8-23-17-14(19)7-13(18)12-6-5-10(3)20-16(12)17/h5-7,9,11H,8H2,1-4H3,(H,21,22)/t11-/m1/s1. The van der Waals surface area contributed by atoms with Gasteiger partial charge < -0.3 is 10.1 Å². The second-order valence-corrected chi connectivity index (χ2v) is 6.72. The second-order valence-electron chi connectivity index (χ2n) is 5.91. The van der Waals surface area contributed by atoms with E-state index in [1.54, 1.807) is 6.07 Å². The fourth-order valence-electron chi connectivity index (χ4n) is 2.03. The summed E-state index contributed by atoms with van der Waals surface area (Å²) in [6.45, 7) is 7.79. The van der Waals surface area contributed by atoms with E-state index in [9.17, 15) is 4.79 Å². The van der Waals surface area contributed by atoms with Gasteiger partial charge in [-0.2, -0.15) is 0 Å². The Morgan fingerprint density at radius 2 is 1.96 bits per heavy atom. The molecule has 1 aromatic heterocycles. The fourth-order valence-corrected chi connectivity index (χ4v) is 2.60. The highest BCUT2D eigenvalue weighted by Crippen LogP contribution is 2.37. The number of aryl methyl sites for hydroxylation is 1. The highest BCUT2D eigenvalue weighted by molar-refractivity contribution is 6.39. The molecule has 1 amide bonds. The van der Waals surface area contributed by atoms with Gasteiger partial charge in [0.2, 0.25) is 0 Å². The van der Waals surface area contributed by atoms with Crippen molar-refractivity contribution in [1.29, 1.82) is 0 Å². The Balaban J connectivity index is 2.23. The largest absolute Gasteiger partial charge is 0.480 e. The van der Waals surface area contributed by atoms with Gasteiger partial charge in [-0.25, -0.2) is 4.98 Å². The van der Waals surface area contributed by atoms with Crippen molar-refractivity contribution in [1.82, 2.24) is 10.3 Å². The molecule has 0 radical (unpaired) electrons. The molecule has 0 fully saturated rings. The van der Waals surface area contributed by atoms with Gasteiger partial charge >= 0.3 is 0 Å². The lowest BCUT2D eigenvalue weighted by atomic mass is 10.1. The predicted octanol–water partition coefficient (Wildman–Crippen LogP) is 4.39. The molecule has 0 aliphatic carbocycles. The topological polar surface area (TPSA) is 51.2 Å². The van der Waals surface area contributed by atoms with Gasteiger partial charge in [-0.05, 0) is 38.0 Å². The smallest absolute Gasteiger partial charge is 0.258 e. The third-order valence-electron chi connectivity index (χ3n) is 3.71. The van der Waals surface area contributed by atoms with Crippen LogP contribution in [0.5, 0.6) is 5.75 Å². The van der Waals surface area contributed by atoms with E-state index in [2.05, 4.69) is 10.3 Å². The van der Waals surface area contributed by atoms with Crippen molar-refractivity contribution in [2.75, 3.05) is 6.61 Å². The zero-order valence-corrected chi connectivity index (χ0v) is 15.1. The van der Waals surface area contributed by atoms with Crippen molar-refractivity contribution in [2.45, 2.75) is 33.7 Å². The normalized spacial score (nSPS) is 12.5. The van der Waals surface area contributed by atoms with Gasteiger partial charge in [-0.3, -0.25) is 4.79 Å².